The fraction of sp³-hybridized carbons (Fsp3) is 0.938. The number of carbonyl (C=O) groups is 1. The molecule has 3 rings (SSSR count). The highest BCUT2D eigenvalue weighted by Crippen LogP contribution is 2.32. The van der Waals surface area contributed by atoms with E-state index in [1.807, 2.05) is 0 Å². The molecule has 3 nitrogen and oxygen atoms in total. The lowest BCUT2D eigenvalue weighted by molar-refractivity contribution is -0.128. The Kier molecular flexibility index (Phi) is 4.42. The maximum atomic E-state index is 12.0. The Balaban J connectivity index is 1.47. The predicted molar refractivity (Wildman–Crippen MR) is 76.7 cm³/mol. The lowest BCUT2D eigenvalue weighted by Gasteiger charge is -2.29. The molecule has 1 saturated heterocycles. The fourth-order valence-corrected chi connectivity index (χ4v) is 4.37. The average Bonchev–Trinajstić information content (AvgIpc) is 3.12. The average molecular weight is 264 g/mol. The number of amides is 1. The maximum Gasteiger partial charge on any atom is 0.237 e. The van der Waals surface area contributed by atoms with Crippen molar-refractivity contribution in [2.45, 2.75) is 70.4 Å². The highest BCUT2D eigenvalue weighted by atomic mass is 16.2. The van der Waals surface area contributed by atoms with Crippen LogP contribution in [0.3, 0.4) is 0 Å². The zero-order valence-corrected chi connectivity index (χ0v) is 12.1. The van der Waals surface area contributed by atoms with Crippen LogP contribution in [-0.2, 0) is 4.79 Å². The van der Waals surface area contributed by atoms with E-state index in [2.05, 4.69) is 10.2 Å². The van der Waals surface area contributed by atoms with Gasteiger partial charge in [0.2, 0.25) is 5.91 Å². The molecule has 0 aromatic heterocycles. The van der Waals surface area contributed by atoms with Gasteiger partial charge >= 0.3 is 0 Å². The molecule has 0 radical (unpaired) electrons. The first-order valence-corrected chi connectivity index (χ1v) is 8.37. The Labute approximate surface area is 117 Å². The van der Waals surface area contributed by atoms with Crippen molar-refractivity contribution in [3.8, 4) is 0 Å². The summed E-state index contributed by atoms with van der Waals surface area (Å²) in [4.78, 5) is 14.2. The molecule has 0 spiro atoms. The normalized spacial score (nSPS) is 29.8. The zero-order chi connectivity index (χ0) is 13.1. The number of carbonyl (C=O) groups excluding carboxylic acids is 1. The van der Waals surface area contributed by atoms with Gasteiger partial charge in [0.25, 0.3) is 0 Å². The van der Waals surface area contributed by atoms with Crippen molar-refractivity contribution >= 4 is 5.91 Å². The minimum atomic E-state index is 0.336. The van der Waals surface area contributed by atoms with Crippen LogP contribution in [0.1, 0.15) is 64.2 Å². The molecule has 0 aromatic rings. The Morgan fingerprint density at radius 1 is 1.05 bits per heavy atom. The predicted octanol–water partition coefficient (Wildman–Crippen LogP) is 2.90. The van der Waals surface area contributed by atoms with E-state index in [1.54, 1.807) is 0 Å². The monoisotopic (exact) mass is 264 g/mol. The van der Waals surface area contributed by atoms with Crippen LogP contribution in [-0.4, -0.2) is 30.1 Å². The molecule has 1 N–H and O–H groups in total. The van der Waals surface area contributed by atoms with E-state index in [4.69, 9.17) is 0 Å². The van der Waals surface area contributed by atoms with Crippen molar-refractivity contribution in [1.29, 1.82) is 0 Å². The van der Waals surface area contributed by atoms with E-state index in [1.165, 1.54) is 64.2 Å². The Morgan fingerprint density at radius 2 is 1.74 bits per heavy atom. The van der Waals surface area contributed by atoms with Gasteiger partial charge in [0.1, 0.15) is 0 Å². The van der Waals surface area contributed by atoms with Crippen molar-refractivity contribution in [3.63, 3.8) is 0 Å². The number of hydrogen-bond donors (Lipinski definition) is 1. The summed E-state index contributed by atoms with van der Waals surface area (Å²) >= 11 is 0. The van der Waals surface area contributed by atoms with Gasteiger partial charge in [0, 0.05) is 6.54 Å². The summed E-state index contributed by atoms with van der Waals surface area (Å²) < 4.78 is 0. The lowest BCUT2D eigenvalue weighted by atomic mass is 10.0. The topological polar surface area (TPSA) is 32.3 Å². The Bertz CT molecular complexity index is 306. The third-order valence-corrected chi connectivity index (χ3v) is 5.45. The summed E-state index contributed by atoms with van der Waals surface area (Å²) in [5.74, 6) is 2.01. The van der Waals surface area contributed by atoms with Crippen LogP contribution in [0.4, 0.5) is 0 Å². The van der Waals surface area contributed by atoms with Crippen molar-refractivity contribution in [1.82, 2.24) is 10.2 Å². The second-order valence-electron chi connectivity index (χ2n) is 6.75. The first kappa shape index (κ1) is 13.4. The molecule has 19 heavy (non-hydrogen) atoms. The van der Waals surface area contributed by atoms with Gasteiger partial charge in [-0.1, -0.05) is 38.5 Å². The van der Waals surface area contributed by atoms with Gasteiger partial charge < -0.3 is 4.90 Å². The van der Waals surface area contributed by atoms with Crippen LogP contribution in [0.15, 0.2) is 0 Å². The van der Waals surface area contributed by atoms with Gasteiger partial charge in [0.05, 0.1) is 12.7 Å². The number of nitrogens with zero attached hydrogens (tertiary/aromatic N) is 1. The van der Waals surface area contributed by atoms with Gasteiger partial charge in [-0.3, -0.25) is 10.1 Å². The van der Waals surface area contributed by atoms with E-state index < -0.39 is 0 Å². The Hall–Kier alpha value is -0.570. The van der Waals surface area contributed by atoms with Crippen molar-refractivity contribution < 1.29 is 4.79 Å². The number of hydrogen-bond acceptors (Lipinski definition) is 2. The van der Waals surface area contributed by atoms with Crippen molar-refractivity contribution in [2.24, 2.45) is 11.8 Å². The van der Waals surface area contributed by atoms with Crippen molar-refractivity contribution in [2.75, 3.05) is 13.1 Å². The first-order chi connectivity index (χ1) is 9.34. The summed E-state index contributed by atoms with van der Waals surface area (Å²) in [6.45, 7) is 1.56. The van der Waals surface area contributed by atoms with Crippen LogP contribution >= 0.6 is 0 Å². The summed E-state index contributed by atoms with van der Waals surface area (Å²) in [6, 6.07) is 0. The second-order valence-corrected chi connectivity index (χ2v) is 6.75. The highest BCUT2D eigenvalue weighted by Gasteiger charge is 2.36. The van der Waals surface area contributed by atoms with Gasteiger partial charge in [-0.25, -0.2) is 0 Å². The van der Waals surface area contributed by atoms with Gasteiger partial charge in [-0.05, 0) is 37.5 Å². The van der Waals surface area contributed by atoms with Crippen LogP contribution in [0.2, 0.25) is 0 Å². The molecule has 3 heteroatoms. The summed E-state index contributed by atoms with van der Waals surface area (Å²) in [5, 5.41) is 3.45. The van der Waals surface area contributed by atoms with Crippen LogP contribution in [0, 0.1) is 11.8 Å². The van der Waals surface area contributed by atoms with E-state index in [0.717, 1.165) is 18.4 Å². The van der Waals surface area contributed by atoms with E-state index in [-0.39, 0.29) is 0 Å². The molecular formula is C16H28N2O. The molecular weight excluding hydrogens is 236 g/mol. The van der Waals surface area contributed by atoms with Gasteiger partial charge in [-0.2, -0.15) is 0 Å². The standard InChI is InChI=1S/C16H28N2O/c19-15-12-17-16(14-9-3-4-10-14)18(15)11-5-8-13-6-1-2-7-13/h13-14,16-17H,1-12H2. The fourth-order valence-electron chi connectivity index (χ4n) is 4.37. The molecule has 108 valence electrons. The largest absolute Gasteiger partial charge is 0.326 e. The molecule has 0 aromatic carbocycles. The first-order valence-electron chi connectivity index (χ1n) is 8.37. The molecule has 0 bridgehead atoms. The quantitative estimate of drug-likeness (QED) is 0.828. The molecule has 1 aliphatic heterocycles. The molecule has 1 heterocycles. The molecule has 2 aliphatic carbocycles. The minimum absolute atomic E-state index is 0.336. The zero-order valence-electron chi connectivity index (χ0n) is 12.1. The maximum absolute atomic E-state index is 12.0. The molecule has 2 saturated carbocycles. The molecule has 1 unspecified atom stereocenters. The molecule has 3 aliphatic rings. The summed E-state index contributed by atoms with van der Waals surface area (Å²) in [7, 11) is 0. The highest BCUT2D eigenvalue weighted by molar-refractivity contribution is 5.80. The van der Waals surface area contributed by atoms with Crippen LogP contribution in [0.5, 0.6) is 0 Å². The smallest absolute Gasteiger partial charge is 0.237 e. The molecule has 1 amide bonds. The van der Waals surface area contributed by atoms with Crippen LogP contribution in [0.25, 0.3) is 0 Å². The molecule has 3 fully saturated rings. The molecule has 1 atom stereocenters. The SMILES string of the molecule is O=C1CNC(C2CCCC2)N1CCCC1CCCC1. The summed E-state index contributed by atoms with van der Waals surface area (Å²) in [6.07, 6.45) is 13.9. The van der Waals surface area contributed by atoms with E-state index in [9.17, 15) is 4.79 Å². The van der Waals surface area contributed by atoms with E-state index in [0.29, 0.717) is 18.6 Å². The third kappa shape index (κ3) is 3.13. The summed E-state index contributed by atoms with van der Waals surface area (Å²) in [5.41, 5.74) is 0. The second kappa shape index (κ2) is 6.25. The minimum Gasteiger partial charge on any atom is -0.326 e. The lowest BCUT2D eigenvalue weighted by Crippen LogP contribution is -2.42. The van der Waals surface area contributed by atoms with Gasteiger partial charge in [-0.15, -0.1) is 0 Å². The number of nitrogens with one attached hydrogen (secondary N) is 1. The Morgan fingerprint density at radius 3 is 2.47 bits per heavy atom. The third-order valence-electron chi connectivity index (χ3n) is 5.45. The van der Waals surface area contributed by atoms with Crippen LogP contribution < -0.4 is 5.32 Å². The van der Waals surface area contributed by atoms with E-state index >= 15 is 0 Å². The van der Waals surface area contributed by atoms with Crippen molar-refractivity contribution in [3.05, 3.63) is 0 Å². The number of rotatable bonds is 5. The van der Waals surface area contributed by atoms with Gasteiger partial charge in [0.15, 0.2) is 0 Å².